The molecule has 1 unspecified atom stereocenters. The lowest BCUT2D eigenvalue weighted by molar-refractivity contribution is 0.368. The zero-order valence-electron chi connectivity index (χ0n) is 11.6. The van der Waals surface area contributed by atoms with Crippen LogP contribution < -0.4 is 5.69 Å². The Morgan fingerprint density at radius 3 is 2.40 bits per heavy atom. The van der Waals surface area contributed by atoms with Crippen LogP contribution in [-0.2, 0) is 0 Å². The fourth-order valence-electron chi connectivity index (χ4n) is 3.27. The van der Waals surface area contributed by atoms with E-state index in [0.29, 0.717) is 5.92 Å². The number of imidazole rings is 1. The highest BCUT2D eigenvalue weighted by Gasteiger charge is 2.22. The van der Waals surface area contributed by atoms with Crippen LogP contribution in [0.1, 0.15) is 55.9 Å². The standard InChI is InChI=1S/C16H21ClN2O/c17-15(11-6-4-2-1-3-5-7-11)12-8-9-13-14(10-12)19-16(20)18-13/h8-11,15H,1-7H2,(H2,18,19,20). The summed E-state index contributed by atoms with van der Waals surface area (Å²) in [6, 6.07) is 6.01. The number of H-pyrrole nitrogens is 2. The Labute approximate surface area is 123 Å². The minimum absolute atomic E-state index is 0.0518. The fraction of sp³-hybridized carbons (Fsp3) is 0.562. The topological polar surface area (TPSA) is 48.6 Å². The fourth-order valence-corrected chi connectivity index (χ4v) is 3.66. The molecule has 0 amide bonds. The van der Waals surface area contributed by atoms with Gasteiger partial charge < -0.3 is 9.97 Å². The van der Waals surface area contributed by atoms with E-state index in [-0.39, 0.29) is 11.1 Å². The van der Waals surface area contributed by atoms with Crippen LogP contribution in [0.15, 0.2) is 23.0 Å². The van der Waals surface area contributed by atoms with Crippen molar-refractivity contribution < 1.29 is 0 Å². The SMILES string of the molecule is O=c1[nH]c2ccc(C(Cl)C3CCCCCCC3)cc2[nH]1. The molecule has 1 aromatic carbocycles. The van der Waals surface area contributed by atoms with E-state index in [2.05, 4.69) is 9.97 Å². The van der Waals surface area contributed by atoms with Crippen LogP contribution in [0.25, 0.3) is 11.0 Å². The van der Waals surface area contributed by atoms with Crippen molar-refractivity contribution in [1.29, 1.82) is 0 Å². The van der Waals surface area contributed by atoms with Gasteiger partial charge in [-0.25, -0.2) is 4.79 Å². The van der Waals surface area contributed by atoms with Crippen LogP contribution >= 0.6 is 11.6 Å². The number of nitrogens with one attached hydrogen (secondary N) is 2. The number of fused-ring (bicyclic) bond motifs is 1. The Balaban J connectivity index is 1.82. The third kappa shape index (κ3) is 2.93. The van der Waals surface area contributed by atoms with Crippen LogP contribution in [-0.4, -0.2) is 9.97 Å². The summed E-state index contributed by atoms with van der Waals surface area (Å²) in [5.74, 6) is 0.556. The minimum Gasteiger partial charge on any atom is -0.306 e. The molecule has 108 valence electrons. The van der Waals surface area contributed by atoms with Crippen molar-refractivity contribution in [3.05, 3.63) is 34.2 Å². The maximum Gasteiger partial charge on any atom is 0.323 e. The molecule has 20 heavy (non-hydrogen) atoms. The van der Waals surface area contributed by atoms with Crippen LogP contribution in [0.3, 0.4) is 0 Å². The number of rotatable bonds is 2. The van der Waals surface area contributed by atoms with Gasteiger partial charge in [0.1, 0.15) is 0 Å². The Kier molecular flexibility index (Phi) is 4.16. The number of aromatic amines is 2. The second kappa shape index (κ2) is 6.04. The summed E-state index contributed by atoms with van der Waals surface area (Å²) in [6.07, 6.45) is 9.06. The molecule has 0 radical (unpaired) electrons. The zero-order valence-corrected chi connectivity index (χ0v) is 12.4. The largest absolute Gasteiger partial charge is 0.323 e. The zero-order chi connectivity index (χ0) is 13.9. The Hall–Kier alpha value is -1.22. The monoisotopic (exact) mass is 292 g/mol. The summed E-state index contributed by atoms with van der Waals surface area (Å²) in [7, 11) is 0. The van der Waals surface area contributed by atoms with E-state index >= 15 is 0 Å². The molecule has 1 fully saturated rings. The quantitative estimate of drug-likeness (QED) is 0.787. The van der Waals surface area contributed by atoms with Gasteiger partial charge in [-0.05, 0) is 36.5 Å². The lowest BCUT2D eigenvalue weighted by Gasteiger charge is -2.24. The first kappa shape index (κ1) is 13.7. The molecule has 0 aliphatic heterocycles. The molecule has 0 bridgehead atoms. The summed E-state index contributed by atoms with van der Waals surface area (Å²) < 4.78 is 0. The van der Waals surface area contributed by atoms with Crippen molar-refractivity contribution >= 4 is 22.6 Å². The van der Waals surface area contributed by atoms with E-state index in [1.807, 2.05) is 18.2 Å². The maximum atomic E-state index is 11.3. The van der Waals surface area contributed by atoms with Gasteiger partial charge in [-0.1, -0.05) is 38.2 Å². The number of aromatic nitrogens is 2. The van der Waals surface area contributed by atoms with Crippen LogP contribution in [0, 0.1) is 5.92 Å². The summed E-state index contributed by atoms with van der Waals surface area (Å²) in [4.78, 5) is 16.9. The molecular weight excluding hydrogens is 272 g/mol. The Morgan fingerprint density at radius 2 is 1.65 bits per heavy atom. The molecule has 1 atom stereocenters. The molecule has 0 saturated heterocycles. The van der Waals surface area contributed by atoms with E-state index in [4.69, 9.17) is 11.6 Å². The van der Waals surface area contributed by atoms with Gasteiger partial charge in [0.15, 0.2) is 0 Å². The molecule has 1 saturated carbocycles. The predicted octanol–water partition coefficient (Wildman–Crippen LogP) is 4.50. The van der Waals surface area contributed by atoms with Crippen LogP contribution in [0.5, 0.6) is 0 Å². The second-order valence-electron chi connectivity index (χ2n) is 5.89. The van der Waals surface area contributed by atoms with E-state index < -0.39 is 0 Å². The number of halogens is 1. The highest BCUT2D eigenvalue weighted by atomic mass is 35.5. The molecular formula is C16H21ClN2O. The molecule has 1 aromatic heterocycles. The summed E-state index contributed by atoms with van der Waals surface area (Å²) >= 11 is 6.72. The number of hydrogen-bond donors (Lipinski definition) is 2. The first-order valence-electron chi connectivity index (χ1n) is 7.60. The number of benzene rings is 1. The lowest BCUT2D eigenvalue weighted by atomic mass is 9.86. The van der Waals surface area contributed by atoms with Crippen molar-refractivity contribution in [2.75, 3.05) is 0 Å². The molecule has 1 aliphatic rings. The van der Waals surface area contributed by atoms with E-state index in [9.17, 15) is 4.79 Å². The molecule has 1 heterocycles. The number of hydrogen-bond acceptors (Lipinski definition) is 1. The smallest absolute Gasteiger partial charge is 0.306 e. The van der Waals surface area contributed by atoms with Crippen molar-refractivity contribution in [2.45, 2.75) is 50.3 Å². The Morgan fingerprint density at radius 1 is 1.00 bits per heavy atom. The van der Waals surface area contributed by atoms with E-state index in [0.717, 1.165) is 16.6 Å². The third-order valence-corrected chi connectivity index (χ3v) is 5.03. The van der Waals surface area contributed by atoms with Crippen molar-refractivity contribution in [3.8, 4) is 0 Å². The van der Waals surface area contributed by atoms with Crippen LogP contribution in [0.4, 0.5) is 0 Å². The first-order valence-corrected chi connectivity index (χ1v) is 8.04. The summed E-state index contributed by atoms with van der Waals surface area (Å²) in [5, 5.41) is 0.0518. The molecule has 1 aliphatic carbocycles. The van der Waals surface area contributed by atoms with Gasteiger partial charge in [0.25, 0.3) is 0 Å². The molecule has 2 N–H and O–H groups in total. The van der Waals surface area contributed by atoms with Gasteiger partial charge in [0.2, 0.25) is 0 Å². The van der Waals surface area contributed by atoms with Crippen LogP contribution in [0.2, 0.25) is 0 Å². The van der Waals surface area contributed by atoms with Gasteiger partial charge in [-0.15, -0.1) is 11.6 Å². The average molecular weight is 293 g/mol. The van der Waals surface area contributed by atoms with Crippen molar-refractivity contribution in [1.82, 2.24) is 9.97 Å². The Bertz CT molecular complexity index is 623. The normalized spacial score (nSPS) is 19.6. The second-order valence-corrected chi connectivity index (χ2v) is 6.36. The first-order chi connectivity index (χ1) is 9.74. The molecule has 4 heteroatoms. The van der Waals surface area contributed by atoms with Crippen molar-refractivity contribution in [2.24, 2.45) is 5.92 Å². The maximum absolute atomic E-state index is 11.3. The lowest BCUT2D eigenvalue weighted by Crippen LogP contribution is -2.10. The predicted molar refractivity (Wildman–Crippen MR) is 83.3 cm³/mol. The van der Waals surface area contributed by atoms with Gasteiger partial charge >= 0.3 is 5.69 Å². The van der Waals surface area contributed by atoms with Gasteiger partial charge in [0, 0.05) is 0 Å². The molecule has 3 nitrogen and oxygen atoms in total. The van der Waals surface area contributed by atoms with Gasteiger partial charge in [-0.2, -0.15) is 0 Å². The molecule has 3 rings (SSSR count). The molecule has 2 aromatic rings. The van der Waals surface area contributed by atoms with Gasteiger partial charge in [-0.3, -0.25) is 0 Å². The minimum atomic E-state index is -0.158. The average Bonchev–Trinajstić information content (AvgIpc) is 2.76. The highest BCUT2D eigenvalue weighted by Crippen LogP contribution is 2.37. The molecule has 0 spiro atoms. The van der Waals surface area contributed by atoms with E-state index in [1.165, 1.54) is 44.9 Å². The summed E-state index contributed by atoms with van der Waals surface area (Å²) in [5.41, 5.74) is 2.67. The summed E-state index contributed by atoms with van der Waals surface area (Å²) in [6.45, 7) is 0. The third-order valence-electron chi connectivity index (χ3n) is 4.42. The van der Waals surface area contributed by atoms with Crippen molar-refractivity contribution in [3.63, 3.8) is 0 Å². The number of alkyl halides is 1. The van der Waals surface area contributed by atoms with Gasteiger partial charge in [0.05, 0.1) is 16.4 Å². The van der Waals surface area contributed by atoms with E-state index in [1.54, 1.807) is 0 Å². The highest BCUT2D eigenvalue weighted by molar-refractivity contribution is 6.21.